The number of anilines is 1. The van der Waals surface area contributed by atoms with Gasteiger partial charge in [-0.05, 0) is 56.4 Å². The summed E-state index contributed by atoms with van der Waals surface area (Å²) < 4.78 is 24.1. The van der Waals surface area contributed by atoms with Gasteiger partial charge in [0.25, 0.3) is 0 Å². The molecule has 2 aliphatic heterocycles. The van der Waals surface area contributed by atoms with Crippen LogP contribution in [0, 0.1) is 5.82 Å². The summed E-state index contributed by atoms with van der Waals surface area (Å²) in [4.78, 5) is 2.58. The van der Waals surface area contributed by atoms with E-state index in [1.807, 2.05) is 12.1 Å². The van der Waals surface area contributed by atoms with Crippen LogP contribution in [0.5, 0.6) is 5.75 Å². The van der Waals surface area contributed by atoms with E-state index in [4.69, 9.17) is 4.74 Å². The van der Waals surface area contributed by atoms with Gasteiger partial charge >= 0.3 is 0 Å². The van der Waals surface area contributed by atoms with Crippen LogP contribution in [0.2, 0.25) is 0 Å². The maximum Gasteiger partial charge on any atom is 0.184 e. The highest BCUT2D eigenvalue weighted by atomic mass is 79.9. The van der Waals surface area contributed by atoms with Crippen molar-refractivity contribution in [3.8, 4) is 5.75 Å². The fraction of sp³-hybridized carbons (Fsp3) is 0.675. The van der Waals surface area contributed by atoms with Gasteiger partial charge in [0.15, 0.2) is 12.3 Å². The molecule has 4 rings (SSSR count). The largest absolute Gasteiger partial charge is 1.00 e. The van der Waals surface area contributed by atoms with Crippen molar-refractivity contribution in [2.24, 2.45) is 0 Å². The van der Waals surface area contributed by atoms with Gasteiger partial charge in [-0.15, -0.1) is 0 Å². The number of rotatable bonds is 21. The predicted molar refractivity (Wildman–Crippen MR) is 186 cm³/mol. The number of hydrogen-bond acceptors (Lipinski definition) is 2. The lowest BCUT2D eigenvalue weighted by Crippen LogP contribution is -3.00. The number of piperidine rings is 1. The molecule has 2 heterocycles. The van der Waals surface area contributed by atoms with Gasteiger partial charge in [-0.25, -0.2) is 8.97 Å². The third-order valence-electron chi connectivity index (χ3n) is 9.84. The Labute approximate surface area is 285 Å². The maximum absolute atomic E-state index is 14.8. The van der Waals surface area contributed by atoms with Crippen LogP contribution < -0.4 is 26.6 Å². The average Bonchev–Trinajstić information content (AvgIpc) is 3.05. The third-order valence-corrected chi connectivity index (χ3v) is 9.84. The standard InChI is InChI=1S/C40H62FN2O.BrH/c1-3-5-7-9-11-12-13-14-17-25-38-35-26-27-39(42-29-20-16-21-30-42)40(44-32-22-15-10-8-6-4-2)36(35)28-31-43(38)33-34-23-18-19-24-37(34)41;/h18-19,23-24,26-27H,3-17,20-22,25,28-33H2,1-2H3;1H/q+1;/p-1. The molecule has 252 valence electrons. The molecule has 0 bridgehead atoms. The first-order valence-corrected chi connectivity index (χ1v) is 18.6. The van der Waals surface area contributed by atoms with Crippen molar-refractivity contribution in [2.45, 2.75) is 149 Å². The topological polar surface area (TPSA) is 15.5 Å². The zero-order valence-electron chi connectivity index (χ0n) is 28.7. The van der Waals surface area contributed by atoms with Crippen molar-refractivity contribution < 1.29 is 30.7 Å². The normalized spacial score (nSPS) is 14.8. The molecular formula is C40H62BrFN2O. The van der Waals surface area contributed by atoms with Gasteiger partial charge in [0.2, 0.25) is 0 Å². The van der Waals surface area contributed by atoms with Crippen molar-refractivity contribution in [3.63, 3.8) is 0 Å². The van der Waals surface area contributed by atoms with Gasteiger partial charge in [-0.1, -0.05) is 109 Å². The fourth-order valence-corrected chi connectivity index (χ4v) is 7.19. The molecule has 0 radical (unpaired) electrons. The van der Waals surface area contributed by atoms with E-state index < -0.39 is 0 Å². The van der Waals surface area contributed by atoms with E-state index in [0.29, 0.717) is 6.54 Å². The molecule has 2 aromatic rings. The van der Waals surface area contributed by atoms with Gasteiger partial charge in [0.05, 0.1) is 17.9 Å². The summed E-state index contributed by atoms with van der Waals surface area (Å²) in [6.07, 6.45) is 25.5. The van der Waals surface area contributed by atoms with Crippen molar-refractivity contribution in [2.75, 3.05) is 31.1 Å². The number of ether oxygens (including phenoxy) is 1. The van der Waals surface area contributed by atoms with E-state index in [1.54, 1.807) is 12.1 Å². The SMILES string of the molecule is CCCCCCCCCCCC1=[N+](Cc2ccccc2F)CCc2c1ccc(N1CCCCC1)c2OCCCCCCCC.[Br-]. The van der Waals surface area contributed by atoms with E-state index in [2.05, 4.69) is 35.5 Å². The number of unbranched alkanes of at least 4 members (excludes halogenated alkanes) is 13. The summed E-state index contributed by atoms with van der Waals surface area (Å²) in [5, 5.41) is 0. The molecule has 0 N–H and O–H groups in total. The molecule has 0 amide bonds. The molecule has 0 saturated carbocycles. The Morgan fingerprint density at radius 1 is 0.733 bits per heavy atom. The number of halogens is 2. The molecule has 45 heavy (non-hydrogen) atoms. The summed E-state index contributed by atoms with van der Waals surface area (Å²) in [6.45, 7) is 9.18. The van der Waals surface area contributed by atoms with Gasteiger partial charge in [-0.3, -0.25) is 0 Å². The first-order chi connectivity index (χ1) is 21.7. The molecule has 0 aromatic heterocycles. The van der Waals surface area contributed by atoms with Crippen LogP contribution in [0.3, 0.4) is 0 Å². The van der Waals surface area contributed by atoms with Crippen LogP contribution >= 0.6 is 0 Å². The first-order valence-electron chi connectivity index (χ1n) is 18.6. The lowest BCUT2D eigenvalue weighted by molar-refractivity contribution is -0.546. The summed E-state index contributed by atoms with van der Waals surface area (Å²) in [7, 11) is 0. The molecule has 2 aromatic carbocycles. The molecule has 0 unspecified atom stereocenters. The number of benzene rings is 2. The van der Waals surface area contributed by atoms with E-state index in [9.17, 15) is 4.39 Å². The Hall–Kier alpha value is -1.88. The Kier molecular flexibility index (Phi) is 18.2. The van der Waals surface area contributed by atoms with Crippen LogP contribution in [0.15, 0.2) is 36.4 Å². The summed E-state index contributed by atoms with van der Waals surface area (Å²) >= 11 is 0. The number of hydrogen-bond donors (Lipinski definition) is 0. The van der Waals surface area contributed by atoms with Crippen LogP contribution in [0.4, 0.5) is 10.1 Å². The molecular weight excluding hydrogens is 623 g/mol. The van der Waals surface area contributed by atoms with Gasteiger partial charge < -0.3 is 26.6 Å². The molecule has 0 aliphatic carbocycles. The zero-order chi connectivity index (χ0) is 30.8. The molecule has 0 spiro atoms. The molecule has 3 nitrogen and oxygen atoms in total. The van der Waals surface area contributed by atoms with Crippen molar-refractivity contribution in [3.05, 3.63) is 58.9 Å². The smallest absolute Gasteiger partial charge is 0.184 e. The molecule has 0 atom stereocenters. The molecule has 2 aliphatic rings. The zero-order valence-corrected chi connectivity index (χ0v) is 30.3. The summed E-state index contributed by atoms with van der Waals surface area (Å²) in [6, 6.07) is 12.1. The lowest BCUT2D eigenvalue weighted by Gasteiger charge is -2.32. The quantitative estimate of drug-likeness (QED) is 0.0977. The number of nitrogens with zero attached hydrogens (tertiary/aromatic N) is 2. The van der Waals surface area contributed by atoms with Crippen molar-refractivity contribution >= 4 is 11.4 Å². The summed E-state index contributed by atoms with van der Waals surface area (Å²) in [5.74, 6) is 1.05. The van der Waals surface area contributed by atoms with E-state index in [0.717, 1.165) is 56.8 Å². The Morgan fingerprint density at radius 3 is 2.02 bits per heavy atom. The van der Waals surface area contributed by atoms with Crippen LogP contribution in [-0.2, 0) is 13.0 Å². The molecule has 1 saturated heterocycles. The number of fused-ring (bicyclic) bond motifs is 1. The van der Waals surface area contributed by atoms with E-state index in [1.165, 1.54) is 132 Å². The highest BCUT2D eigenvalue weighted by Gasteiger charge is 2.31. The van der Waals surface area contributed by atoms with Crippen LogP contribution in [-0.4, -0.2) is 36.5 Å². The first kappa shape index (κ1) is 37.6. The average molecular weight is 686 g/mol. The van der Waals surface area contributed by atoms with Crippen molar-refractivity contribution in [1.29, 1.82) is 0 Å². The second kappa shape index (κ2) is 21.8. The highest BCUT2D eigenvalue weighted by molar-refractivity contribution is 6.00. The van der Waals surface area contributed by atoms with Crippen molar-refractivity contribution in [1.82, 2.24) is 0 Å². The maximum atomic E-state index is 14.8. The minimum Gasteiger partial charge on any atom is -1.00 e. The van der Waals surface area contributed by atoms with Gasteiger partial charge in [-0.2, -0.15) is 0 Å². The third kappa shape index (κ3) is 12.0. The van der Waals surface area contributed by atoms with Gasteiger partial charge in [0, 0.05) is 37.1 Å². The van der Waals surface area contributed by atoms with Crippen LogP contribution in [0.1, 0.15) is 153 Å². The highest BCUT2D eigenvalue weighted by Crippen LogP contribution is 2.39. The fourth-order valence-electron chi connectivity index (χ4n) is 7.19. The Balaban J connectivity index is 0.00000552. The predicted octanol–water partition coefficient (Wildman–Crippen LogP) is 8.04. The monoisotopic (exact) mass is 684 g/mol. The lowest BCUT2D eigenvalue weighted by atomic mass is 9.91. The second-order valence-electron chi connectivity index (χ2n) is 13.4. The van der Waals surface area contributed by atoms with E-state index >= 15 is 0 Å². The van der Waals surface area contributed by atoms with E-state index in [-0.39, 0.29) is 22.8 Å². The molecule has 5 heteroatoms. The second-order valence-corrected chi connectivity index (χ2v) is 13.4. The molecule has 1 fully saturated rings. The minimum atomic E-state index is -0.0934. The Bertz CT molecular complexity index is 1140. The Morgan fingerprint density at radius 2 is 1.36 bits per heavy atom. The van der Waals surface area contributed by atoms with Crippen LogP contribution in [0.25, 0.3) is 0 Å². The minimum absolute atomic E-state index is 0. The summed E-state index contributed by atoms with van der Waals surface area (Å²) in [5.41, 5.74) is 6.25. The van der Waals surface area contributed by atoms with Gasteiger partial charge in [0.1, 0.15) is 18.1 Å².